The van der Waals surface area contributed by atoms with E-state index in [0.29, 0.717) is 23.4 Å². The lowest BCUT2D eigenvalue weighted by atomic mass is 10.1. The Bertz CT molecular complexity index is 377. The molecule has 0 unspecified atom stereocenters. The number of halogens is 2. The number of aryl methyl sites for hydroxylation is 1. The number of carboxylic acids is 1. The molecule has 0 saturated heterocycles. The topological polar surface area (TPSA) is 57.5 Å². The molecule has 0 saturated carbocycles. The zero-order valence-corrected chi connectivity index (χ0v) is 9.35. The average molecular weight is 249 g/mol. The monoisotopic (exact) mass is 248 g/mol. The van der Waals surface area contributed by atoms with Gasteiger partial charge in [0.15, 0.2) is 0 Å². The molecular formula is C10H10Cl2O3. The second-order valence-corrected chi connectivity index (χ2v) is 3.99. The van der Waals surface area contributed by atoms with Gasteiger partial charge in [-0.15, -0.1) is 0 Å². The summed E-state index contributed by atoms with van der Waals surface area (Å²) in [5.41, 5.74) is 0.578. The SMILES string of the molecule is O=C(O)CCCc1cc(Cl)cc(Cl)c1O. The minimum absolute atomic E-state index is 0.0218. The normalized spacial score (nSPS) is 10.3. The molecule has 2 N–H and O–H groups in total. The molecule has 0 radical (unpaired) electrons. The maximum absolute atomic E-state index is 10.3. The van der Waals surface area contributed by atoms with Crippen LogP contribution in [0.15, 0.2) is 12.1 Å². The minimum atomic E-state index is -0.859. The Morgan fingerprint density at radius 3 is 2.60 bits per heavy atom. The minimum Gasteiger partial charge on any atom is -0.506 e. The number of carboxylic acid groups (broad SMARTS) is 1. The molecule has 0 aliphatic rings. The molecule has 0 spiro atoms. The van der Waals surface area contributed by atoms with Gasteiger partial charge in [-0.25, -0.2) is 0 Å². The van der Waals surface area contributed by atoms with Gasteiger partial charge >= 0.3 is 5.97 Å². The van der Waals surface area contributed by atoms with Crippen LogP contribution >= 0.6 is 23.2 Å². The first-order valence-electron chi connectivity index (χ1n) is 4.39. The first-order valence-corrected chi connectivity index (χ1v) is 5.15. The maximum atomic E-state index is 10.3. The summed E-state index contributed by atoms with van der Waals surface area (Å²) in [6.45, 7) is 0. The number of aliphatic carboxylic acids is 1. The Morgan fingerprint density at radius 2 is 2.00 bits per heavy atom. The third-order valence-electron chi connectivity index (χ3n) is 1.94. The fourth-order valence-electron chi connectivity index (χ4n) is 1.24. The van der Waals surface area contributed by atoms with Gasteiger partial charge in [0.05, 0.1) is 5.02 Å². The quantitative estimate of drug-likeness (QED) is 0.861. The summed E-state index contributed by atoms with van der Waals surface area (Å²) in [4.78, 5) is 10.3. The number of benzene rings is 1. The van der Waals surface area contributed by atoms with Gasteiger partial charge in [0, 0.05) is 11.4 Å². The van der Waals surface area contributed by atoms with Crippen LogP contribution in [-0.2, 0) is 11.2 Å². The Balaban J connectivity index is 2.72. The highest BCUT2D eigenvalue weighted by molar-refractivity contribution is 6.35. The van der Waals surface area contributed by atoms with Crippen molar-refractivity contribution in [3.8, 4) is 5.75 Å². The highest BCUT2D eigenvalue weighted by Gasteiger charge is 2.08. The maximum Gasteiger partial charge on any atom is 0.303 e. The van der Waals surface area contributed by atoms with Crippen molar-refractivity contribution in [2.45, 2.75) is 19.3 Å². The molecule has 1 aromatic carbocycles. The van der Waals surface area contributed by atoms with Gasteiger partial charge in [0.1, 0.15) is 5.75 Å². The van der Waals surface area contributed by atoms with Crippen molar-refractivity contribution in [1.29, 1.82) is 0 Å². The van der Waals surface area contributed by atoms with Gasteiger partial charge in [0.25, 0.3) is 0 Å². The summed E-state index contributed by atoms with van der Waals surface area (Å²) in [6, 6.07) is 3.03. The van der Waals surface area contributed by atoms with Crippen LogP contribution < -0.4 is 0 Å². The summed E-state index contributed by atoms with van der Waals surface area (Å²) in [6.07, 6.45) is 0.946. The van der Waals surface area contributed by atoms with Crippen molar-refractivity contribution < 1.29 is 15.0 Å². The zero-order chi connectivity index (χ0) is 11.4. The fourth-order valence-corrected chi connectivity index (χ4v) is 1.78. The Labute approximate surface area is 97.2 Å². The molecule has 0 atom stereocenters. The summed E-state index contributed by atoms with van der Waals surface area (Å²) in [5, 5.41) is 18.6. The lowest BCUT2D eigenvalue weighted by molar-refractivity contribution is -0.137. The molecule has 0 aliphatic heterocycles. The smallest absolute Gasteiger partial charge is 0.303 e. The second kappa shape index (κ2) is 5.24. The van der Waals surface area contributed by atoms with Crippen LogP contribution in [0, 0.1) is 0 Å². The molecule has 3 nitrogen and oxygen atoms in total. The number of hydrogen-bond acceptors (Lipinski definition) is 2. The van der Waals surface area contributed by atoms with Gasteiger partial charge in [-0.05, 0) is 30.5 Å². The Hall–Kier alpha value is -0.930. The number of phenols is 1. The van der Waals surface area contributed by atoms with Crippen molar-refractivity contribution in [3.05, 3.63) is 27.7 Å². The van der Waals surface area contributed by atoms with E-state index < -0.39 is 5.97 Å². The molecule has 0 heterocycles. The standard InChI is InChI=1S/C10H10Cl2O3/c11-7-4-6(2-1-3-9(13)14)10(15)8(12)5-7/h4-5,15H,1-3H2,(H,13,14). The highest BCUT2D eigenvalue weighted by atomic mass is 35.5. The van der Waals surface area contributed by atoms with Crippen molar-refractivity contribution >= 4 is 29.2 Å². The Kier molecular flexibility index (Phi) is 4.24. The van der Waals surface area contributed by atoms with Gasteiger partial charge in [-0.3, -0.25) is 4.79 Å². The van der Waals surface area contributed by atoms with Crippen molar-refractivity contribution in [1.82, 2.24) is 0 Å². The zero-order valence-electron chi connectivity index (χ0n) is 7.83. The second-order valence-electron chi connectivity index (χ2n) is 3.14. The highest BCUT2D eigenvalue weighted by Crippen LogP contribution is 2.31. The third-order valence-corrected chi connectivity index (χ3v) is 2.45. The van der Waals surface area contributed by atoms with E-state index in [1.54, 1.807) is 6.07 Å². The predicted octanol–water partition coefficient (Wildman–Crippen LogP) is 3.11. The molecule has 0 bridgehead atoms. The van der Waals surface area contributed by atoms with Gasteiger partial charge in [-0.1, -0.05) is 23.2 Å². The van der Waals surface area contributed by atoms with Gasteiger partial charge in [-0.2, -0.15) is 0 Å². The van der Waals surface area contributed by atoms with Gasteiger partial charge in [0.2, 0.25) is 0 Å². The van der Waals surface area contributed by atoms with Crippen LogP contribution in [0.1, 0.15) is 18.4 Å². The lowest BCUT2D eigenvalue weighted by Gasteiger charge is -2.06. The molecule has 82 valence electrons. The Morgan fingerprint density at radius 1 is 1.33 bits per heavy atom. The van der Waals surface area contributed by atoms with E-state index in [4.69, 9.17) is 28.3 Å². The molecule has 0 fully saturated rings. The van der Waals surface area contributed by atoms with Crippen LogP contribution in [0.25, 0.3) is 0 Å². The fraction of sp³-hybridized carbons (Fsp3) is 0.300. The number of rotatable bonds is 4. The number of hydrogen-bond donors (Lipinski definition) is 2. The lowest BCUT2D eigenvalue weighted by Crippen LogP contribution is -1.96. The molecule has 0 amide bonds. The van der Waals surface area contributed by atoms with E-state index in [0.717, 1.165) is 0 Å². The molecule has 5 heteroatoms. The molecule has 15 heavy (non-hydrogen) atoms. The summed E-state index contributed by atoms with van der Waals surface area (Å²) in [5.74, 6) is -0.880. The first kappa shape index (κ1) is 12.1. The van der Waals surface area contributed by atoms with Crippen LogP contribution in [0.5, 0.6) is 5.75 Å². The van der Waals surface area contributed by atoms with E-state index >= 15 is 0 Å². The van der Waals surface area contributed by atoms with Crippen molar-refractivity contribution in [2.24, 2.45) is 0 Å². The third kappa shape index (κ3) is 3.61. The van der Waals surface area contributed by atoms with E-state index in [1.807, 2.05) is 0 Å². The van der Waals surface area contributed by atoms with Crippen molar-refractivity contribution in [2.75, 3.05) is 0 Å². The van der Waals surface area contributed by atoms with Crippen LogP contribution in [-0.4, -0.2) is 16.2 Å². The van der Waals surface area contributed by atoms with E-state index in [9.17, 15) is 9.90 Å². The van der Waals surface area contributed by atoms with Crippen LogP contribution in [0.4, 0.5) is 0 Å². The van der Waals surface area contributed by atoms with Crippen LogP contribution in [0.3, 0.4) is 0 Å². The average Bonchev–Trinajstić information content (AvgIpc) is 2.12. The van der Waals surface area contributed by atoms with Crippen molar-refractivity contribution in [3.63, 3.8) is 0 Å². The van der Waals surface area contributed by atoms with E-state index in [1.165, 1.54) is 6.07 Å². The van der Waals surface area contributed by atoms with E-state index in [-0.39, 0.29) is 17.2 Å². The molecule has 0 aromatic heterocycles. The van der Waals surface area contributed by atoms with Gasteiger partial charge < -0.3 is 10.2 Å². The molecule has 1 aromatic rings. The molecule has 0 aliphatic carbocycles. The summed E-state index contributed by atoms with van der Waals surface area (Å²) >= 11 is 11.5. The first-order chi connectivity index (χ1) is 7.00. The molecular weight excluding hydrogens is 239 g/mol. The van der Waals surface area contributed by atoms with E-state index in [2.05, 4.69) is 0 Å². The van der Waals surface area contributed by atoms with Crippen LogP contribution in [0.2, 0.25) is 10.0 Å². The number of aromatic hydroxyl groups is 1. The number of phenolic OH excluding ortho intramolecular Hbond substituents is 1. The largest absolute Gasteiger partial charge is 0.506 e. The molecule has 1 rings (SSSR count). The summed E-state index contributed by atoms with van der Waals surface area (Å²) < 4.78 is 0. The summed E-state index contributed by atoms with van der Waals surface area (Å²) in [7, 11) is 0. The number of carbonyl (C=O) groups is 1. The predicted molar refractivity (Wildman–Crippen MR) is 58.7 cm³/mol.